The second kappa shape index (κ2) is 3.93. The first kappa shape index (κ1) is 11.2. The van der Waals surface area contributed by atoms with Gasteiger partial charge in [-0.1, -0.05) is 6.07 Å². The van der Waals surface area contributed by atoms with Gasteiger partial charge in [0.2, 0.25) is 5.75 Å². The normalized spacial score (nSPS) is 10.5. The van der Waals surface area contributed by atoms with Crippen molar-refractivity contribution in [2.75, 3.05) is 7.11 Å². The fourth-order valence-electron chi connectivity index (χ4n) is 1.51. The molecule has 1 aromatic carbocycles. The van der Waals surface area contributed by atoms with Gasteiger partial charge in [-0.25, -0.2) is 9.37 Å². The highest BCUT2D eigenvalue weighted by Gasteiger charge is 2.21. The molecule has 0 spiro atoms. The Labute approximate surface area is 93.8 Å². The van der Waals surface area contributed by atoms with Crippen molar-refractivity contribution in [3.63, 3.8) is 0 Å². The minimum absolute atomic E-state index is 0.155. The Balaban J connectivity index is 2.90. The second-order valence-corrected chi connectivity index (χ2v) is 3.18. The van der Waals surface area contributed by atoms with Gasteiger partial charge in [-0.2, -0.15) is 4.39 Å². The average Bonchev–Trinajstić information content (AvgIpc) is 2.28. The number of pyridine rings is 1. The summed E-state index contributed by atoms with van der Waals surface area (Å²) in [7, 11) is 1.09. The third kappa shape index (κ3) is 1.65. The molecule has 1 aromatic heterocycles. The van der Waals surface area contributed by atoms with Gasteiger partial charge in [0.15, 0.2) is 11.3 Å². The van der Waals surface area contributed by atoms with E-state index in [1.54, 1.807) is 0 Å². The number of nitro groups is 1. The molecule has 0 saturated carbocycles. The standard InChI is InChI=1S/C10H6F2N2O3/c1-17-9-7(11)5-3-2-4-6(14(15)16)8(5)13-10(9)12/h2-4H,1H3. The van der Waals surface area contributed by atoms with Crippen LogP contribution in [-0.2, 0) is 0 Å². The lowest BCUT2D eigenvalue weighted by Gasteiger charge is -2.05. The molecular formula is C10H6F2N2O3. The Bertz CT molecular complexity index is 616. The topological polar surface area (TPSA) is 65.3 Å². The molecule has 0 aliphatic rings. The summed E-state index contributed by atoms with van der Waals surface area (Å²) in [6, 6.07) is 3.69. The molecule has 2 rings (SSSR count). The molecule has 17 heavy (non-hydrogen) atoms. The average molecular weight is 240 g/mol. The third-order valence-corrected chi connectivity index (χ3v) is 2.25. The molecule has 0 atom stereocenters. The molecule has 0 aliphatic heterocycles. The van der Waals surface area contributed by atoms with Crippen LogP contribution in [0.1, 0.15) is 0 Å². The largest absolute Gasteiger partial charge is 0.490 e. The Morgan fingerprint density at radius 1 is 1.41 bits per heavy atom. The van der Waals surface area contributed by atoms with E-state index in [4.69, 9.17) is 0 Å². The van der Waals surface area contributed by atoms with Crippen LogP contribution in [0.4, 0.5) is 14.5 Å². The highest BCUT2D eigenvalue weighted by molar-refractivity contribution is 5.88. The molecule has 2 aromatic rings. The van der Waals surface area contributed by atoms with Crippen molar-refractivity contribution >= 4 is 16.6 Å². The summed E-state index contributed by atoms with van der Waals surface area (Å²) in [6.45, 7) is 0. The number of nitrogens with zero attached hydrogens (tertiary/aromatic N) is 2. The van der Waals surface area contributed by atoms with Crippen LogP contribution in [0.2, 0.25) is 0 Å². The van der Waals surface area contributed by atoms with Crippen LogP contribution >= 0.6 is 0 Å². The van der Waals surface area contributed by atoms with E-state index in [0.717, 1.165) is 13.2 Å². The van der Waals surface area contributed by atoms with Crippen LogP contribution in [0.25, 0.3) is 10.9 Å². The number of hydrogen-bond acceptors (Lipinski definition) is 4. The van der Waals surface area contributed by atoms with Gasteiger partial charge in [0.1, 0.15) is 0 Å². The number of ether oxygens (including phenoxy) is 1. The van der Waals surface area contributed by atoms with Gasteiger partial charge in [0.25, 0.3) is 11.6 Å². The third-order valence-electron chi connectivity index (χ3n) is 2.25. The van der Waals surface area contributed by atoms with Gasteiger partial charge in [0, 0.05) is 11.5 Å². The number of rotatable bonds is 2. The van der Waals surface area contributed by atoms with Crippen LogP contribution in [0.3, 0.4) is 0 Å². The molecule has 7 heteroatoms. The van der Waals surface area contributed by atoms with E-state index in [1.807, 2.05) is 0 Å². The molecule has 0 bridgehead atoms. The van der Waals surface area contributed by atoms with Crippen molar-refractivity contribution in [2.24, 2.45) is 0 Å². The van der Waals surface area contributed by atoms with E-state index >= 15 is 0 Å². The zero-order valence-corrected chi connectivity index (χ0v) is 8.61. The molecule has 1 heterocycles. The Kier molecular flexibility index (Phi) is 2.58. The van der Waals surface area contributed by atoms with Gasteiger partial charge in [-0.05, 0) is 6.07 Å². The van der Waals surface area contributed by atoms with Gasteiger partial charge in [-0.15, -0.1) is 0 Å². The quantitative estimate of drug-likeness (QED) is 0.459. The van der Waals surface area contributed by atoms with E-state index in [2.05, 4.69) is 9.72 Å². The lowest BCUT2D eigenvalue weighted by atomic mass is 10.2. The van der Waals surface area contributed by atoms with Crippen molar-refractivity contribution < 1.29 is 18.4 Å². The number of aromatic nitrogens is 1. The molecule has 0 saturated heterocycles. The van der Waals surface area contributed by atoms with Crippen LogP contribution < -0.4 is 4.74 Å². The van der Waals surface area contributed by atoms with E-state index < -0.39 is 28.1 Å². The number of benzene rings is 1. The predicted molar refractivity (Wildman–Crippen MR) is 54.9 cm³/mol. The molecule has 0 amide bonds. The highest BCUT2D eigenvalue weighted by atomic mass is 19.1. The molecule has 0 fully saturated rings. The fraction of sp³-hybridized carbons (Fsp3) is 0.100. The zero-order chi connectivity index (χ0) is 12.6. The second-order valence-electron chi connectivity index (χ2n) is 3.18. The summed E-state index contributed by atoms with van der Waals surface area (Å²) in [5.41, 5.74) is -0.795. The number of para-hydroxylation sites is 1. The van der Waals surface area contributed by atoms with Crippen LogP contribution in [0.5, 0.6) is 5.75 Å². The highest BCUT2D eigenvalue weighted by Crippen LogP contribution is 2.31. The molecular weight excluding hydrogens is 234 g/mol. The van der Waals surface area contributed by atoms with Gasteiger partial charge < -0.3 is 4.74 Å². The first-order valence-corrected chi connectivity index (χ1v) is 4.52. The van der Waals surface area contributed by atoms with Gasteiger partial charge >= 0.3 is 0 Å². The predicted octanol–water partition coefficient (Wildman–Crippen LogP) is 2.43. The number of nitro benzene ring substituents is 1. The molecule has 88 valence electrons. The van der Waals surface area contributed by atoms with Gasteiger partial charge in [0.05, 0.1) is 12.0 Å². The monoisotopic (exact) mass is 240 g/mol. The Morgan fingerprint density at radius 3 is 2.71 bits per heavy atom. The van der Waals surface area contributed by atoms with Crippen LogP contribution in [0, 0.1) is 21.9 Å². The Morgan fingerprint density at radius 2 is 2.12 bits per heavy atom. The van der Waals surface area contributed by atoms with E-state index in [9.17, 15) is 18.9 Å². The first-order chi connectivity index (χ1) is 8.06. The molecule has 0 N–H and O–H groups in total. The number of fused-ring (bicyclic) bond motifs is 1. The number of non-ortho nitro benzene ring substituents is 1. The summed E-state index contributed by atoms with van der Waals surface area (Å²) in [4.78, 5) is 13.3. The number of hydrogen-bond donors (Lipinski definition) is 0. The molecule has 5 nitrogen and oxygen atoms in total. The minimum atomic E-state index is -1.22. The maximum atomic E-state index is 13.7. The SMILES string of the molecule is COc1c(F)nc2c([N+](=O)[O-])cccc2c1F. The smallest absolute Gasteiger partial charge is 0.295 e. The molecule has 0 aliphatic carbocycles. The lowest BCUT2D eigenvalue weighted by Crippen LogP contribution is -2.00. The fourth-order valence-corrected chi connectivity index (χ4v) is 1.51. The van der Waals surface area contributed by atoms with Crippen molar-refractivity contribution in [1.29, 1.82) is 0 Å². The van der Waals surface area contributed by atoms with Crippen LogP contribution in [-0.4, -0.2) is 17.0 Å². The molecule has 0 unspecified atom stereocenters. The molecule has 0 radical (unpaired) electrons. The lowest BCUT2D eigenvalue weighted by molar-refractivity contribution is -0.383. The summed E-state index contributed by atoms with van der Waals surface area (Å²) in [5, 5.41) is 10.5. The summed E-state index contributed by atoms with van der Waals surface area (Å²) in [6.07, 6.45) is 0. The van der Waals surface area contributed by atoms with E-state index in [-0.39, 0.29) is 10.9 Å². The summed E-state index contributed by atoms with van der Waals surface area (Å²) in [5.74, 6) is -2.87. The first-order valence-electron chi connectivity index (χ1n) is 4.52. The minimum Gasteiger partial charge on any atom is -0.490 e. The van der Waals surface area contributed by atoms with Crippen LogP contribution in [0.15, 0.2) is 18.2 Å². The number of halogens is 2. The maximum Gasteiger partial charge on any atom is 0.295 e. The van der Waals surface area contributed by atoms with Crippen molar-refractivity contribution in [2.45, 2.75) is 0 Å². The van der Waals surface area contributed by atoms with E-state index in [1.165, 1.54) is 12.1 Å². The van der Waals surface area contributed by atoms with Crippen molar-refractivity contribution in [3.8, 4) is 5.75 Å². The summed E-state index contributed by atoms with van der Waals surface area (Å²) >= 11 is 0. The van der Waals surface area contributed by atoms with Crippen molar-refractivity contribution in [3.05, 3.63) is 40.1 Å². The number of methoxy groups -OCH3 is 1. The summed E-state index contributed by atoms with van der Waals surface area (Å²) < 4.78 is 31.6. The maximum absolute atomic E-state index is 13.7. The van der Waals surface area contributed by atoms with E-state index in [0.29, 0.717) is 0 Å². The van der Waals surface area contributed by atoms with Gasteiger partial charge in [-0.3, -0.25) is 10.1 Å². The Hall–Kier alpha value is -2.31. The zero-order valence-electron chi connectivity index (χ0n) is 8.61. The van der Waals surface area contributed by atoms with Crippen molar-refractivity contribution in [1.82, 2.24) is 4.98 Å².